The second kappa shape index (κ2) is 3.64. The van der Waals surface area contributed by atoms with E-state index < -0.39 is 0 Å². The number of ether oxygens (including phenoxy) is 1. The Kier molecular flexibility index (Phi) is 3.50. The van der Waals surface area contributed by atoms with Gasteiger partial charge in [0.05, 0.1) is 12.1 Å². The van der Waals surface area contributed by atoms with Crippen LogP contribution in [0.15, 0.2) is 12.2 Å². The summed E-state index contributed by atoms with van der Waals surface area (Å²) >= 11 is 0. The van der Waals surface area contributed by atoms with E-state index in [0.29, 0.717) is 0 Å². The number of hydrogen-bond donors (Lipinski definition) is 1. The molecule has 0 aliphatic carbocycles. The SMILES string of the molecule is C=C(C)C(N)C(C)OC. The van der Waals surface area contributed by atoms with Crippen LogP contribution < -0.4 is 5.73 Å². The van der Waals surface area contributed by atoms with E-state index >= 15 is 0 Å². The van der Waals surface area contributed by atoms with Crippen LogP contribution in [0.3, 0.4) is 0 Å². The van der Waals surface area contributed by atoms with Crippen molar-refractivity contribution in [2.24, 2.45) is 5.73 Å². The van der Waals surface area contributed by atoms with E-state index in [1.807, 2.05) is 13.8 Å². The van der Waals surface area contributed by atoms with Crippen molar-refractivity contribution >= 4 is 0 Å². The molecule has 2 atom stereocenters. The van der Waals surface area contributed by atoms with Crippen LogP contribution in [0.2, 0.25) is 0 Å². The summed E-state index contributed by atoms with van der Waals surface area (Å²) < 4.78 is 4.99. The van der Waals surface area contributed by atoms with E-state index in [1.165, 1.54) is 0 Å². The molecule has 0 bridgehead atoms. The molecule has 0 radical (unpaired) electrons. The van der Waals surface area contributed by atoms with Crippen LogP contribution in [-0.4, -0.2) is 19.3 Å². The topological polar surface area (TPSA) is 35.2 Å². The first-order valence-electron chi connectivity index (χ1n) is 3.03. The minimum Gasteiger partial charge on any atom is -0.380 e. The molecule has 0 fully saturated rings. The Bertz CT molecular complexity index is 101. The molecule has 0 aromatic carbocycles. The Hall–Kier alpha value is -0.340. The predicted molar refractivity (Wildman–Crippen MR) is 39.3 cm³/mol. The summed E-state index contributed by atoms with van der Waals surface area (Å²) in [6.45, 7) is 7.55. The zero-order valence-corrected chi connectivity index (χ0v) is 6.35. The van der Waals surface area contributed by atoms with Gasteiger partial charge in [0.25, 0.3) is 0 Å². The highest BCUT2D eigenvalue weighted by Gasteiger charge is 2.10. The molecule has 0 heterocycles. The molecule has 0 amide bonds. The van der Waals surface area contributed by atoms with Gasteiger partial charge in [-0.3, -0.25) is 0 Å². The van der Waals surface area contributed by atoms with Gasteiger partial charge in [0, 0.05) is 7.11 Å². The van der Waals surface area contributed by atoms with Gasteiger partial charge < -0.3 is 10.5 Å². The molecule has 2 nitrogen and oxygen atoms in total. The first-order valence-corrected chi connectivity index (χ1v) is 3.03. The van der Waals surface area contributed by atoms with Gasteiger partial charge >= 0.3 is 0 Å². The Morgan fingerprint density at radius 1 is 1.67 bits per heavy atom. The van der Waals surface area contributed by atoms with Crippen molar-refractivity contribution in [3.05, 3.63) is 12.2 Å². The van der Waals surface area contributed by atoms with Crippen molar-refractivity contribution < 1.29 is 4.74 Å². The van der Waals surface area contributed by atoms with Crippen LogP contribution in [0.25, 0.3) is 0 Å². The lowest BCUT2D eigenvalue weighted by molar-refractivity contribution is 0.105. The Balaban J connectivity index is 3.72. The maximum absolute atomic E-state index is 5.65. The molecule has 0 saturated heterocycles. The van der Waals surface area contributed by atoms with Crippen molar-refractivity contribution in [3.63, 3.8) is 0 Å². The number of hydrogen-bond acceptors (Lipinski definition) is 2. The third-order valence-electron chi connectivity index (χ3n) is 1.45. The van der Waals surface area contributed by atoms with Crippen LogP contribution in [-0.2, 0) is 4.74 Å². The highest BCUT2D eigenvalue weighted by Crippen LogP contribution is 2.02. The van der Waals surface area contributed by atoms with Crippen molar-refractivity contribution in [1.29, 1.82) is 0 Å². The van der Waals surface area contributed by atoms with Gasteiger partial charge in [-0.05, 0) is 13.8 Å². The zero-order valence-electron chi connectivity index (χ0n) is 6.35. The average molecular weight is 129 g/mol. The van der Waals surface area contributed by atoms with Gasteiger partial charge in [0.1, 0.15) is 0 Å². The first-order chi connectivity index (χ1) is 4.09. The lowest BCUT2D eigenvalue weighted by Crippen LogP contribution is -2.34. The van der Waals surface area contributed by atoms with Crippen LogP contribution in [0.1, 0.15) is 13.8 Å². The minimum absolute atomic E-state index is 0.0324. The fourth-order valence-electron chi connectivity index (χ4n) is 0.547. The second-order valence-corrected chi connectivity index (χ2v) is 2.31. The largest absolute Gasteiger partial charge is 0.380 e. The maximum Gasteiger partial charge on any atom is 0.0732 e. The van der Waals surface area contributed by atoms with E-state index in [1.54, 1.807) is 7.11 Å². The summed E-state index contributed by atoms with van der Waals surface area (Å²) in [5, 5.41) is 0. The smallest absolute Gasteiger partial charge is 0.0732 e. The van der Waals surface area contributed by atoms with Crippen LogP contribution in [0.5, 0.6) is 0 Å². The van der Waals surface area contributed by atoms with Crippen LogP contribution >= 0.6 is 0 Å². The number of rotatable bonds is 3. The quantitative estimate of drug-likeness (QED) is 0.575. The molecule has 0 aliphatic heterocycles. The number of nitrogens with two attached hydrogens (primary N) is 1. The number of methoxy groups -OCH3 is 1. The molecule has 2 unspecified atom stereocenters. The summed E-state index contributed by atoms with van der Waals surface area (Å²) in [6.07, 6.45) is 0.0718. The summed E-state index contributed by atoms with van der Waals surface area (Å²) in [5.74, 6) is 0. The normalized spacial score (nSPS) is 16.9. The molecule has 54 valence electrons. The zero-order chi connectivity index (χ0) is 7.44. The van der Waals surface area contributed by atoms with Gasteiger partial charge in [0.2, 0.25) is 0 Å². The van der Waals surface area contributed by atoms with E-state index in [2.05, 4.69) is 6.58 Å². The van der Waals surface area contributed by atoms with Crippen molar-refractivity contribution in [1.82, 2.24) is 0 Å². The van der Waals surface area contributed by atoms with E-state index in [4.69, 9.17) is 10.5 Å². The highest BCUT2D eigenvalue weighted by molar-refractivity contribution is 5.02. The fourth-order valence-corrected chi connectivity index (χ4v) is 0.547. The third-order valence-corrected chi connectivity index (χ3v) is 1.45. The van der Waals surface area contributed by atoms with E-state index in [-0.39, 0.29) is 12.1 Å². The predicted octanol–water partition coefficient (Wildman–Crippen LogP) is 0.925. The molecule has 9 heavy (non-hydrogen) atoms. The Morgan fingerprint density at radius 2 is 2.11 bits per heavy atom. The van der Waals surface area contributed by atoms with Gasteiger partial charge in [-0.1, -0.05) is 12.2 Å². The van der Waals surface area contributed by atoms with Crippen molar-refractivity contribution in [2.75, 3.05) is 7.11 Å². The van der Waals surface area contributed by atoms with Crippen molar-refractivity contribution in [3.8, 4) is 0 Å². The molecule has 0 aromatic rings. The molecular weight excluding hydrogens is 114 g/mol. The molecule has 0 saturated carbocycles. The fraction of sp³-hybridized carbons (Fsp3) is 0.714. The van der Waals surface area contributed by atoms with Gasteiger partial charge in [-0.15, -0.1) is 0 Å². The summed E-state index contributed by atoms with van der Waals surface area (Å²) in [5.41, 5.74) is 6.61. The third kappa shape index (κ3) is 2.63. The molecule has 0 aromatic heterocycles. The lowest BCUT2D eigenvalue weighted by Gasteiger charge is -2.17. The Morgan fingerprint density at radius 3 is 2.22 bits per heavy atom. The maximum atomic E-state index is 5.65. The monoisotopic (exact) mass is 129 g/mol. The second-order valence-electron chi connectivity index (χ2n) is 2.31. The summed E-state index contributed by atoms with van der Waals surface area (Å²) in [4.78, 5) is 0. The average Bonchev–Trinajstić information content (AvgIpc) is 1.84. The molecule has 2 heteroatoms. The minimum atomic E-state index is -0.0324. The molecule has 0 aliphatic rings. The molecule has 0 spiro atoms. The van der Waals surface area contributed by atoms with E-state index in [9.17, 15) is 0 Å². The van der Waals surface area contributed by atoms with Gasteiger partial charge in [-0.25, -0.2) is 0 Å². The van der Waals surface area contributed by atoms with E-state index in [0.717, 1.165) is 5.57 Å². The summed E-state index contributed by atoms with van der Waals surface area (Å²) in [6, 6.07) is -0.0324. The van der Waals surface area contributed by atoms with Gasteiger partial charge in [0.15, 0.2) is 0 Å². The van der Waals surface area contributed by atoms with Crippen LogP contribution in [0.4, 0.5) is 0 Å². The molecule has 2 N–H and O–H groups in total. The lowest BCUT2D eigenvalue weighted by atomic mass is 10.1. The first kappa shape index (κ1) is 8.66. The van der Waals surface area contributed by atoms with Gasteiger partial charge in [-0.2, -0.15) is 0 Å². The molecule has 0 rings (SSSR count). The highest BCUT2D eigenvalue weighted by atomic mass is 16.5. The van der Waals surface area contributed by atoms with Crippen molar-refractivity contribution in [2.45, 2.75) is 26.0 Å². The Labute approximate surface area is 56.7 Å². The molecular formula is C7H15NO. The summed E-state index contributed by atoms with van der Waals surface area (Å²) in [7, 11) is 1.65. The van der Waals surface area contributed by atoms with Crippen LogP contribution in [0, 0.1) is 0 Å². The standard InChI is InChI=1S/C7H15NO/c1-5(2)7(8)6(3)9-4/h6-7H,1,8H2,2-4H3.